The van der Waals surface area contributed by atoms with Crippen LogP contribution in [0, 0.1) is 0 Å². The van der Waals surface area contributed by atoms with Gasteiger partial charge in [0.1, 0.15) is 13.2 Å². The zero-order valence-electron chi connectivity index (χ0n) is 10.4. The number of hydrogen-bond donors (Lipinski definition) is 2. The largest absolute Gasteiger partial charge is 0.504 e. The van der Waals surface area contributed by atoms with Crippen LogP contribution in [0.5, 0.6) is 11.5 Å². The predicted octanol–water partition coefficient (Wildman–Crippen LogP) is 1.37. The van der Waals surface area contributed by atoms with Gasteiger partial charge in [0.25, 0.3) is 0 Å². The molecular weight excluding hydrogens is 252 g/mol. The zero-order valence-corrected chi connectivity index (χ0v) is 10.4. The minimum Gasteiger partial charge on any atom is -0.504 e. The molecule has 2 N–H and O–H groups in total. The van der Waals surface area contributed by atoms with Gasteiger partial charge in [0.05, 0.1) is 5.56 Å². The van der Waals surface area contributed by atoms with Crippen LogP contribution in [0.3, 0.4) is 0 Å². The van der Waals surface area contributed by atoms with Gasteiger partial charge >= 0.3 is 11.9 Å². The van der Waals surface area contributed by atoms with Gasteiger partial charge in [-0.25, -0.2) is 9.59 Å². The number of carbonyl (C=O) groups excluding carboxylic acids is 2. The first-order chi connectivity index (χ1) is 8.91. The van der Waals surface area contributed by atoms with Crippen LogP contribution in [0.4, 0.5) is 0 Å². The number of esters is 2. The fourth-order valence-corrected chi connectivity index (χ4v) is 1.13. The number of carbonyl (C=O) groups is 2. The molecule has 0 spiro atoms. The molecule has 0 bridgehead atoms. The molecule has 1 rings (SSSR count). The summed E-state index contributed by atoms with van der Waals surface area (Å²) in [7, 11) is 0. The number of phenols is 2. The Morgan fingerprint density at radius 1 is 1.16 bits per heavy atom. The first-order valence-corrected chi connectivity index (χ1v) is 5.43. The van der Waals surface area contributed by atoms with E-state index in [1.807, 2.05) is 0 Å². The minimum atomic E-state index is -0.693. The molecule has 0 aliphatic heterocycles. The molecule has 6 heteroatoms. The standard InChI is InChI=1S/C13H14O6/c1-8(2)12(16)18-5-6-19-13(17)9-3-4-10(14)11(15)7-9/h3-4,7,14-15H,1,5-6H2,2H3. The molecule has 0 unspecified atom stereocenters. The lowest BCUT2D eigenvalue weighted by atomic mass is 10.2. The summed E-state index contributed by atoms with van der Waals surface area (Å²) >= 11 is 0. The van der Waals surface area contributed by atoms with Gasteiger partial charge in [-0.05, 0) is 25.1 Å². The zero-order chi connectivity index (χ0) is 14.4. The first-order valence-electron chi connectivity index (χ1n) is 5.43. The second-order valence-corrected chi connectivity index (χ2v) is 3.76. The topological polar surface area (TPSA) is 93.1 Å². The van der Waals surface area contributed by atoms with E-state index in [9.17, 15) is 14.7 Å². The Morgan fingerprint density at radius 2 is 1.79 bits per heavy atom. The summed E-state index contributed by atoms with van der Waals surface area (Å²) < 4.78 is 9.54. The van der Waals surface area contributed by atoms with Gasteiger partial charge in [-0.2, -0.15) is 0 Å². The Bertz CT molecular complexity index is 506. The van der Waals surface area contributed by atoms with Crippen molar-refractivity contribution in [2.75, 3.05) is 13.2 Å². The summed E-state index contributed by atoms with van der Waals surface area (Å²) in [5, 5.41) is 18.3. The summed E-state index contributed by atoms with van der Waals surface area (Å²) in [6, 6.07) is 3.56. The van der Waals surface area contributed by atoms with Gasteiger partial charge in [0.15, 0.2) is 11.5 Å². The third-order valence-electron chi connectivity index (χ3n) is 2.11. The van der Waals surface area contributed by atoms with Crippen molar-refractivity contribution in [3.05, 3.63) is 35.9 Å². The molecule has 19 heavy (non-hydrogen) atoms. The first kappa shape index (κ1) is 14.6. The molecule has 0 amide bonds. The lowest BCUT2D eigenvalue weighted by Crippen LogP contribution is -2.14. The predicted molar refractivity (Wildman–Crippen MR) is 65.8 cm³/mol. The maximum absolute atomic E-state index is 11.5. The highest BCUT2D eigenvalue weighted by molar-refractivity contribution is 5.90. The number of rotatable bonds is 5. The normalized spacial score (nSPS) is 9.74. The molecule has 0 aliphatic rings. The van der Waals surface area contributed by atoms with Gasteiger partial charge in [-0.1, -0.05) is 6.58 Å². The third kappa shape index (κ3) is 4.34. The highest BCUT2D eigenvalue weighted by Gasteiger charge is 2.10. The van der Waals surface area contributed by atoms with Crippen molar-refractivity contribution in [3.8, 4) is 11.5 Å². The number of aromatic hydroxyl groups is 2. The molecule has 0 atom stereocenters. The summed E-state index contributed by atoms with van der Waals surface area (Å²) in [6.07, 6.45) is 0. The van der Waals surface area contributed by atoms with E-state index in [1.165, 1.54) is 19.1 Å². The molecule has 6 nitrogen and oxygen atoms in total. The Balaban J connectivity index is 2.41. The lowest BCUT2D eigenvalue weighted by Gasteiger charge is -2.06. The smallest absolute Gasteiger partial charge is 0.338 e. The SMILES string of the molecule is C=C(C)C(=O)OCCOC(=O)c1ccc(O)c(O)c1. The molecule has 102 valence electrons. The third-order valence-corrected chi connectivity index (χ3v) is 2.11. The quantitative estimate of drug-likeness (QED) is 0.362. The van der Waals surface area contributed by atoms with Crippen LogP contribution < -0.4 is 0 Å². The van der Waals surface area contributed by atoms with Crippen LogP contribution in [-0.2, 0) is 14.3 Å². The number of phenolic OH excluding ortho intramolecular Hbond substituents is 2. The molecule has 0 saturated carbocycles. The van der Waals surface area contributed by atoms with Crippen LogP contribution in [-0.4, -0.2) is 35.4 Å². The lowest BCUT2D eigenvalue weighted by molar-refractivity contribution is -0.140. The molecular formula is C13H14O6. The van der Waals surface area contributed by atoms with Crippen molar-refractivity contribution in [3.63, 3.8) is 0 Å². The van der Waals surface area contributed by atoms with Crippen molar-refractivity contribution in [1.29, 1.82) is 0 Å². The van der Waals surface area contributed by atoms with E-state index in [1.54, 1.807) is 0 Å². The molecule has 1 aromatic carbocycles. The van der Waals surface area contributed by atoms with Crippen LogP contribution in [0.1, 0.15) is 17.3 Å². The Hall–Kier alpha value is -2.50. The Labute approximate surface area is 109 Å². The van der Waals surface area contributed by atoms with Gasteiger partial charge in [-0.3, -0.25) is 0 Å². The molecule has 0 fully saturated rings. The summed E-state index contributed by atoms with van der Waals surface area (Å²) in [5.74, 6) is -1.99. The van der Waals surface area contributed by atoms with Crippen LogP contribution in [0.15, 0.2) is 30.4 Å². The average molecular weight is 266 g/mol. The molecule has 0 aromatic heterocycles. The molecule has 0 saturated heterocycles. The van der Waals surface area contributed by atoms with E-state index < -0.39 is 17.7 Å². The summed E-state index contributed by atoms with van der Waals surface area (Å²) in [6.45, 7) is 4.71. The number of hydrogen-bond acceptors (Lipinski definition) is 6. The van der Waals surface area contributed by atoms with Gasteiger partial charge in [-0.15, -0.1) is 0 Å². The van der Waals surface area contributed by atoms with Crippen molar-refractivity contribution < 1.29 is 29.3 Å². The maximum Gasteiger partial charge on any atom is 0.338 e. The van der Waals surface area contributed by atoms with Crippen LogP contribution >= 0.6 is 0 Å². The average Bonchev–Trinajstić information content (AvgIpc) is 2.37. The van der Waals surface area contributed by atoms with E-state index in [0.717, 1.165) is 6.07 Å². The number of benzene rings is 1. The van der Waals surface area contributed by atoms with Crippen LogP contribution in [0.2, 0.25) is 0 Å². The molecule has 1 aromatic rings. The second-order valence-electron chi connectivity index (χ2n) is 3.76. The van der Waals surface area contributed by atoms with E-state index in [-0.39, 0.29) is 30.1 Å². The highest BCUT2D eigenvalue weighted by atomic mass is 16.6. The van der Waals surface area contributed by atoms with Gasteiger partial charge < -0.3 is 19.7 Å². The van der Waals surface area contributed by atoms with Gasteiger partial charge in [0.2, 0.25) is 0 Å². The Kier molecular flexibility index (Phi) is 4.93. The Morgan fingerprint density at radius 3 is 2.37 bits per heavy atom. The van der Waals surface area contributed by atoms with Crippen molar-refractivity contribution in [2.45, 2.75) is 6.92 Å². The summed E-state index contributed by atoms with van der Waals surface area (Å²) in [4.78, 5) is 22.5. The van der Waals surface area contributed by atoms with E-state index in [0.29, 0.717) is 0 Å². The maximum atomic E-state index is 11.5. The summed E-state index contributed by atoms with van der Waals surface area (Å²) in [5.41, 5.74) is 0.344. The monoisotopic (exact) mass is 266 g/mol. The van der Waals surface area contributed by atoms with Crippen molar-refractivity contribution in [2.24, 2.45) is 0 Å². The van der Waals surface area contributed by atoms with E-state index in [2.05, 4.69) is 6.58 Å². The molecule has 0 aliphatic carbocycles. The van der Waals surface area contributed by atoms with E-state index >= 15 is 0 Å². The van der Waals surface area contributed by atoms with Gasteiger partial charge in [0, 0.05) is 5.57 Å². The number of ether oxygens (including phenoxy) is 2. The van der Waals surface area contributed by atoms with E-state index in [4.69, 9.17) is 14.6 Å². The molecule has 0 radical (unpaired) electrons. The van der Waals surface area contributed by atoms with Crippen LogP contribution in [0.25, 0.3) is 0 Å². The fourth-order valence-electron chi connectivity index (χ4n) is 1.13. The second kappa shape index (κ2) is 6.44. The van der Waals surface area contributed by atoms with Crippen molar-refractivity contribution in [1.82, 2.24) is 0 Å². The highest BCUT2D eigenvalue weighted by Crippen LogP contribution is 2.25. The fraction of sp³-hybridized carbons (Fsp3) is 0.231. The molecule has 0 heterocycles. The minimum absolute atomic E-state index is 0.0818. The van der Waals surface area contributed by atoms with Crippen molar-refractivity contribution >= 4 is 11.9 Å².